The molecule has 2 amide bonds. The number of aliphatic hydroxyl groups is 1. The summed E-state index contributed by atoms with van der Waals surface area (Å²) in [6.45, 7) is 2.34. The van der Waals surface area contributed by atoms with Gasteiger partial charge < -0.3 is 20.1 Å². The van der Waals surface area contributed by atoms with E-state index in [1.54, 1.807) is 7.11 Å². The van der Waals surface area contributed by atoms with Crippen LogP contribution in [0.2, 0.25) is 0 Å². The van der Waals surface area contributed by atoms with Crippen LogP contribution in [0.5, 0.6) is 0 Å². The summed E-state index contributed by atoms with van der Waals surface area (Å²) in [5.74, 6) is 0.188. The molecule has 0 aromatic rings. The molecular weight excluding hydrogens is 292 g/mol. The normalized spacial score (nSPS) is 22.6. The minimum atomic E-state index is -1.05. The van der Waals surface area contributed by atoms with Crippen LogP contribution in [-0.4, -0.2) is 48.6 Å². The number of ether oxygens (including phenoxy) is 1. The Morgan fingerprint density at radius 1 is 1.13 bits per heavy atom. The number of nitrogens with one attached hydrogen (secondary N) is 1. The van der Waals surface area contributed by atoms with Crippen molar-refractivity contribution in [3.63, 3.8) is 0 Å². The van der Waals surface area contributed by atoms with Crippen LogP contribution in [0.25, 0.3) is 0 Å². The molecule has 0 aromatic heterocycles. The highest BCUT2D eigenvalue weighted by molar-refractivity contribution is 5.75. The van der Waals surface area contributed by atoms with Gasteiger partial charge in [0.1, 0.15) is 5.72 Å². The van der Waals surface area contributed by atoms with E-state index in [0.717, 1.165) is 64.5 Å². The minimum Gasteiger partial charge on any atom is -0.385 e. The number of carbonyl (C=O) groups is 1. The maximum absolute atomic E-state index is 12.6. The van der Waals surface area contributed by atoms with E-state index >= 15 is 0 Å². The number of amides is 2. The largest absolute Gasteiger partial charge is 0.385 e. The second-order valence-corrected chi connectivity index (χ2v) is 7.19. The molecule has 5 heteroatoms. The number of nitrogens with zero attached hydrogens (tertiary/aromatic N) is 1. The Labute approximate surface area is 140 Å². The van der Waals surface area contributed by atoms with Crippen molar-refractivity contribution in [2.75, 3.05) is 26.8 Å². The lowest BCUT2D eigenvalue weighted by Crippen LogP contribution is -2.58. The maximum atomic E-state index is 12.6. The van der Waals surface area contributed by atoms with Gasteiger partial charge >= 0.3 is 6.03 Å². The molecular formula is C18H34N2O3. The zero-order valence-electron chi connectivity index (χ0n) is 14.7. The van der Waals surface area contributed by atoms with Gasteiger partial charge in [-0.15, -0.1) is 0 Å². The monoisotopic (exact) mass is 326 g/mol. The van der Waals surface area contributed by atoms with E-state index in [-0.39, 0.29) is 11.9 Å². The maximum Gasteiger partial charge on any atom is 0.319 e. The minimum absolute atomic E-state index is 0.0792. The molecule has 1 aliphatic carbocycles. The number of methoxy groups -OCH3 is 1. The van der Waals surface area contributed by atoms with E-state index in [4.69, 9.17) is 4.74 Å². The quantitative estimate of drug-likeness (QED) is 0.557. The lowest BCUT2D eigenvalue weighted by molar-refractivity contribution is -0.0637. The van der Waals surface area contributed by atoms with Crippen molar-refractivity contribution in [2.45, 2.75) is 76.4 Å². The van der Waals surface area contributed by atoms with Gasteiger partial charge in [-0.3, -0.25) is 0 Å². The number of unbranched alkanes of at least 4 members (excludes halogenated alkanes) is 1. The molecule has 0 radical (unpaired) electrons. The highest BCUT2D eigenvalue weighted by Crippen LogP contribution is 2.34. The number of likely N-dealkylation sites (tertiary alicyclic amines) is 1. The average molecular weight is 326 g/mol. The van der Waals surface area contributed by atoms with Crippen molar-refractivity contribution >= 4 is 6.03 Å². The first kappa shape index (κ1) is 18.5. The van der Waals surface area contributed by atoms with Crippen molar-refractivity contribution in [3.8, 4) is 0 Å². The highest BCUT2D eigenvalue weighted by atomic mass is 16.5. The standard InChI is InChI=1S/C18H34N2O3/c1-23-15-9-6-12-18(22,16-10-4-2-5-11-16)19-17(21)20-13-7-3-8-14-20/h16,22H,2-15H2,1H3,(H,19,21)/t18-/m1/s1. The fourth-order valence-electron chi connectivity index (χ4n) is 3.95. The van der Waals surface area contributed by atoms with Gasteiger partial charge in [-0.1, -0.05) is 19.3 Å². The van der Waals surface area contributed by atoms with Gasteiger partial charge in [-0.25, -0.2) is 4.79 Å². The number of urea groups is 1. The highest BCUT2D eigenvalue weighted by Gasteiger charge is 2.39. The molecule has 2 aliphatic rings. The third kappa shape index (κ3) is 5.64. The topological polar surface area (TPSA) is 61.8 Å². The molecule has 2 fully saturated rings. The van der Waals surface area contributed by atoms with Gasteiger partial charge in [0, 0.05) is 32.7 Å². The van der Waals surface area contributed by atoms with Crippen LogP contribution in [-0.2, 0) is 4.74 Å². The smallest absolute Gasteiger partial charge is 0.319 e. The Balaban J connectivity index is 1.94. The SMILES string of the molecule is COCCCC[C@](O)(NC(=O)N1CCCCC1)C1CCCCC1. The van der Waals surface area contributed by atoms with E-state index in [2.05, 4.69) is 5.32 Å². The fraction of sp³-hybridized carbons (Fsp3) is 0.944. The molecule has 1 saturated carbocycles. The summed E-state index contributed by atoms with van der Waals surface area (Å²) in [7, 11) is 1.70. The van der Waals surface area contributed by atoms with Crippen LogP contribution in [0, 0.1) is 5.92 Å². The Hall–Kier alpha value is -0.810. The lowest BCUT2D eigenvalue weighted by Gasteiger charge is -2.41. The average Bonchev–Trinajstić information content (AvgIpc) is 2.60. The molecule has 2 rings (SSSR count). The third-order valence-corrected chi connectivity index (χ3v) is 5.40. The third-order valence-electron chi connectivity index (χ3n) is 5.40. The van der Waals surface area contributed by atoms with E-state index < -0.39 is 5.72 Å². The molecule has 0 bridgehead atoms. The zero-order valence-corrected chi connectivity index (χ0v) is 14.7. The van der Waals surface area contributed by atoms with Gasteiger partial charge in [0.2, 0.25) is 0 Å². The number of piperidine rings is 1. The summed E-state index contributed by atoms with van der Waals surface area (Å²) in [4.78, 5) is 14.4. The second-order valence-electron chi connectivity index (χ2n) is 7.19. The number of rotatable bonds is 7. The summed E-state index contributed by atoms with van der Waals surface area (Å²) in [5.41, 5.74) is -1.05. The Bertz CT molecular complexity index is 352. The van der Waals surface area contributed by atoms with Crippen LogP contribution in [0.1, 0.15) is 70.6 Å². The number of hydrogen-bond donors (Lipinski definition) is 2. The lowest BCUT2D eigenvalue weighted by atomic mass is 9.79. The first-order chi connectivity index (χ1) is 11.2. The molecule has 1 atom stereocenters. The molecule has 2 N–H and O–H groups in total. The summed E-state index contributed by atoms with van der Waals surface area (Å²) < 4.78 is 5.10. The molecule has 1 saturated heterocycles. The van der Waals surface area contributed by atoms with Crippen LogP contribution >= 0.6 is 0 Å². The molecule has 5 nitrogen and oxygen atoms in total. The molecule has 0 aromatic carbocycles. The zero-order chi connectivity index (χ0) is 16.5. The van der Waals surface area contributed by atoms with E-state index in [0.29, 0.717) is 13.0 Å². The second kappa shape index (κ2) is 9.48. The van der Waals surface area contributed by atoms with Crippen molar-refractivity contribution in [2.24, 2.45) is 5.92 Å². The first-order valence-corrected chi connectivity index (χ1v) is 9.44. The summed E-state index contributed by atoms with van der Waals surface area (Å²) in [6, 6.07) is -0.0792. The molecule has 134 valence electrons. The van der Waals surface area contributed by atoms with Crippen molar-refractivity contribution in [1.29, 1.82) is 0 Å². The molecule has 1 aliphatic heterocycles. The summed E-state index contributed by atoms with van der Waals surface area (Å²) >= 11 is 0. The molecule has 1 heterocycles. The van der Waals surface area contributed by atoms with Crippen molar-refractivity contribution in [3.05, 3.63) is 0 Å². The van der Waals surface area contributed by atoms with Gasteiger partial charge in [0.05, 0.1) is 0 Å². The Kier molecular flexibility index (Phi) is 7.63. The first-order valence-electron chi connectivity index (χ1n) is 9.44. The van der Waals surface area contributed by atoms with Gasteiger partial charge in [0.15, 0.2) is 0 Å². The number of hydrogen-bond acceptors (Lipinski definition) is 3. The Morgan fingerprint density at radius 2 is 1.78 bits per heavy atom. The van der Waals surface area contributed by atoms with E-state index in [9.17, 15) is 9.90 Å². The molecule has 0 spiro atoms. The molecule has 0 unspecified atom stereocenters. The predicted octanol–water partition coefficient (Wildman–Crippen LogP) is 3.27. The van der Waals surface area contributed by atoms with E-state index in [1.807, 2.05) is 4.90 Å². The fourth-order valence-corrected chi connectivity index (χ4v) is 3.95. The van der Waals surface area contributed by atoms with Crippen molar-refractivity contribution < 1.29 is 14.6 Å². The van der Waals surface area contributed by atoms with Gasteiger partial charge in [-0.05, 0) is 51.4 Å². The van der Waals surface area contributed by atoms with Crippen LogP contribution in [0.3, 0.4) is 0 Å². The molecule has 23 heavy (non-hydrogen) atoms. The van der Waals surface area contributed by atoms with Crippen LogP contribution < -0.4 is 5.32 Å². The van der Waals surface area contributed by atoms with E-state index in [1.165, 1.54) is 12.8 Å². The van der Waals surface area contributed by atoms with Gasteiger partial charge in [-0.2, -0.15) is 0 Å². The summed E-state index contributed by atoms with van der Waals surface area (Å²) in [6.07, 6.45) is 11.4. The van der Waals surface area contributed by atoms with Crippen LogP contribution in [0.4, 0.5) is 4.79 Å². The number of carbonyl (C=O) groups excluding carboxylic acids is 1. The Morgan fingerprint density at radius 3 is 2.43 bits per heavy atom. The van der Waals surface area contributed by atoms with Gasteiger partial charge in [0.25, 0.3) is 0 Å². The summed E-state index contributed by atoms with van der Waals surface area (Å²) in [5, 5.41) is 14.2. The van der Waals surface area contributed by atoms with Crippen molar-refractivity contribution in [1.82, 2.24) is 10.2 Å². The van der Waals surface area contributed by atoms with Crippen LogP contribution in [0.15, 0.2) is 0 Å². The predicted molar refractivity (Wildman–Crippen MR) is 91.2 cm³/mol.